The predicted molar refractivity (Wildman–Crippen MR) is 65.4 cm³/mol. The first-order valence-electron chi connectivity index (χ1n) is 5.78. The van der Waals surface area contributed by atoms with Crippen molar-refractivity contribution in [3.8, 4) is 6.07 Å². The van der Waals surface area contributed by atoms with Crippen LogP contribution in [0.15, 0.2) is 24.3 Å². The molecule has 0 bridgehead atoms. The summed E-state index contributed by atoms with van der Waals surface area (Å²) in [6, 6.07) is 9.48. The number of anilines is 1. The summed E-state index contributed by atoms with van der Waals surface area (Å²) in [7, 11) is 0. The molecule has 1 aliphatic rings. The summed E-state index contributed by atoms with van der Waals surface area (Å²) in [6.07, 6.45) is -0.325. The topological polar surface area (TPSA) is 73.6 Å². The zero-order valence-corrected chi connectivity index (χ0v) is 9.87. The predicted octanol–water partition coefficient (Wildman–Crippen LogP) is 1.24. The van der Waals surface area contributed by atoms with Crippen molar-refractivity contribution < 1.29 is 14.6 Å². The molecule has 1 aromatic rings. The Hall–Kier alpha value is -2.06. The average Bonchev–Trinajstić information content (AvgIpc) is 2.38. The molecule has 18 heavy (non-hydrogen) atoms. The van der Waals surface area contributed by atoms with E-state index < -0.39 is 5.97 Å². The van der Waals surface area contributed by atoms with Crippen LogP contribution in [0.1, 0.15) is 12.0 Å². The van der Waals surface area contributed by atoms with Crippen molar-refractivity contribution in [3.05, 3.63) is 29.8 Å². The minimum absolute atomic E-state index is 0.00871. The zero-order chi connectivity index (χ0) is 13.0. The van der Waals surface area contributed by atoms with Gasteiger partial charge in [-0.15, -0.1) is 0 Å². The van der Waals surface area contributed by atoms with Gasteiger partial charge in [0.15, 0.2) is 0 Å². The number of hydrogen-bond donors (Lipinski definition) is 1. The second-order valence-electron chi connectivity index (χ2n) is 4.17. The first-order chi connectivity index (χ1) is 8.70. The van der Waals surface area contributed by atoms with Gasteiger partial charge in [0.25, 0.3) is 0 Å². The van der Waals surface area contributed by atoms with E-state index in [1.54, 1.807) is 6.07 Å². The van der Waals surface area contributed by atoms with E-state index in [9.17, 15) is 4.79 Å². The van der Waals surface area contributed by atoms with Crippen LogP contribution < -0.4 is 4.90 Å². The van der Waals surface area contributed by atoms with Gasteiger partial charge in [-0.2, -0.15) is 5.26 Å². The Labute approximate surface area is 105 Å². The minimum atomic E-state index is -0.865. The Morgan fingerprint density at radius 3 is 3.06 bits per heavy atom. The molecule has 0 amide bonds. The van der Waals surface area contributed by atoms with Crippen LogP contribution in [0.5, 0.6) is 0 Å². The molecular formula is C13H14N2O3. The highest BCUT2D eigenvalue weighted by Gasteiger charge is 2.24. The highest BCUT2D eigenvalue weighted by Crippen LogP contribution is 2.22. The molecule has 1 fully saturated rings. The molecule has 1 heterocycles. The third-order valence-electron chi connectivity index (χ3n) is 2.91. The molecule has 0 saturated carbocycles. The summed E-state index contributed by atoms with van der Waals surface area (Å²) < 4.78 is 5.41. The zero-order valence-electron chi connectivity index (χ0n) is 9.87. The van der Waals surface area contributed by atoms with E-state index in [1.807, 2.05) is 23.1 Å². The van der Waals surface area contributed by atoms with Gasteiger partial charge in [0.2, 0.25) is 0 Å². The average molecular weight is 246 g/mol. The van der Waals surface area contributed by atoms with Crippen molar-refractivity contribution in [3.63, 3.8) is 0 Å². The molecule has 1 N–H and O–H groups in total. The monoisotopic (exact) mass is 246 g/mol. The van der Waals surface area contributed by atoms with Crippen LogP contribution in [0, 0.1) is 11.3 Å². The number of nitriles is 1. The molecule has 1 unspecified atom stereocenters. The van der Waals surface area contributed by atoms with Crippen molar-refractivity contribution in [2.24, 2.45) is 0 Å². The van der Waals surface area contributed by atoms with E-state index in [0.29, 0.717) is 25.3 Å². The van der Waals surface area contributed by atoms with Gasteiger partial charge in [-0.1, -0.05) is 12.1 Å². The largest absolute Gasteiger partial charge is 0.481 e. The Bertz CT molecular complexity index is 481. The van der Waals surface area contributed by atoms with Crippen LogP contribution in [-0.2, 0) is 9.53 Å². The normalized spacial score (nSPS) is 19.3. The Morgan fingerprint density at radius 1 is 1.56 bits per heavy atom. The molecule has 1 aliphatic heterocycles. The number of carbonyl (C=O) groups is 1. The van der Waals surface area contributed by atoms with Crippen LogP contribution in [0.25, 0.3) is 0 Å². The Kier molecular flexibility index (Phi) is 3.80. The number of nitrogens with zero attached hydrogens (tertiary/aromatic N) is 2. The van der Waals surface area contributed by atoms with Gasteiger partial charge in [-0.05, 0) is 12.1 Å². The number of carboxylic acid groups (broad SMARTS) is 1. The fourth-order valence-corrected chi connectivity index (χ4v) is 2.10. The van der Waals surface area contributed by atoms with Crippen LogP contribution in [0.4, 0.5) is 5.69 Å². The third kappa shape index (κ3) is 2.79. The summed E-state index contributed by atoms with van der Waals surface area (Å²) in [5.74, 6) is -0.865. The summed E-state index contributed by atoms with van der Waals surface area (Å²) >= 11 is 0. The lowest BCUT2D eigenvalue weighted by atomic mass is 10.1. The third-order valence-corrected chi connectivity index (χ3v) is 2.91. The van der Waals surface area contributed by atoms with E-state index in [1.165, 1.54) is 0 Å². The van der Waals surface area contributed by atoms with Gasteiger partial charge in [0.05, 0.1) is 30.4 Å². The molecule has 0 radical (unpaired) electrons. The molecule has 0 spiro atoms. The smallest absolute Gasteiger partial charge is 0.306 e. The number of para-hydroxylation sites is 1. The molecule has 94 valence electrons. The lowest BCUT2D eigenvalue weighted by Crippen LogP contribution is -2.43. The SMILES string of the molecule is N#Cc1ccccc1N1CCOC(CC(=O)O)C1. The number of rotatable bonds is 3. The summed E-state index contributed by atoms with van der Waals surface area (Å²) in [5.41, 5.74) is 1.45. The molecule has 1 atom stereocenters. The fraction of sp³-hybridized carbons (Fsp3) is 0.385. The second kappa shape index (κ2) is 5.52. The van der Waals surface area contributed by atoms with E-state index in [-0.39, 0.29) is 12.5 Å². The van der Waals surface area contributed by atoms with Gasteiger partial charge in [-0.25, -0.2) is 0 Å². The lowest BCUT2D eigenvalue weighted by Gasteiger charge is -2.34. The maximum Gasteiger partial charge on any atom is 0.306 e. The maximum absolute atomic E-state index is 10.7. The molecule has 0 aliphatic carbocycles. The van der Waals surface area contributed by atoms with E-state index in [2.05, 4.69) is 6.07 Å². The number of ether oxygens (including phenoxy) is 1. The summed E-state index contributed by atoms with van der Waals surface area (Å²) in [5, 5.41) is 17.8. The van der Waals surface area contributed by atoms with Gasteiger partial charge < -0.3 is 14.7 Å². The van der Waals surface area contributed by atoms with Crippen molar-refractivity contribution in [2.45, 2.75) is 12.5 Å². The maximum atomic E-state index is 10.7. The van der Waals surface area contributed by atoms with E-state index in [0.717, 1.165) is 5.69 Å². The standard InChI is InChI=1S/C13H14N2O3/c14-8-10-3-1-2-4-12(10)15-5-6-18-11(9-15)7-13(16)17/h1-4,11H,5-7,9H2,(H,16,17). The van der Waals surface area contributed by atoms with E-state index in [4.69, 9.17) is 15.1 Å². The summed E-state index contributed by atoms with van der Waals surface area (Å²) in [4.78, 5) is 12.7. The van der Waals surface area contributed by atoms with E-state index >= 15 is 0 Å². The first kappa shape index (κ1) is 12.4. The molecule has 5 heteroatoms. The number of carboxylic acids is 1. The number of hydrogen-bond acceptors (Lipinski definition) is 4. The van der Waals surface area contributed by atoms with Crippen molar-refractivity contribution in [1.82, 2.24) is 0 Å². The molecule has 1 saturated heterocycles. The van der Waals surface area contributed by atoms with Gasteiger partial charge in [0.1, 0.15) is 6.07 Å². The van der Waals surface area contributed by atoms with Gasteiger partial charge >= 0.3 is 5.97 Å². The number of morpholine rings is 1. The van der Waals surface area contributed by atoms with Crippen molar-refractivity contribution >= 4 is 11.7 Å². The Balaban J connectivity index is 2.13. The highest BCUT2D eigenvalue weighted by atomic mass is 16.5. The molecule has 0 aromatic heterocycles. The minimum Gasteiger partial charge on any atom is -0.481 e. The molecular weight excluding hydrogens is 232 g/mol. The summed E-state index contributed by atoms with van der Waals surface area (Å²) in [6.45, 7) is 1.66. The fourth-order valence-electron chi connectivity index (χ4n) is 2.10. The molecule has 2 rings (SSSR count). The van der Waals surface area contributed by atoms with Gasteiger partial charge in [-0.3, -0.25) is 4.79 Å². The van der Waals surface area contributed by atoms with Crippen LogP contribution in [-0.4, -0.2) is 36.9 Å². The van der Waals surface area contributed by atoms with Crippen LogP contribution >= 0.6 is 0 Å². The van der Waals surface area contributed by atoms with Crippen molar-refractivity contribution in [1.29, 1.82) is 5.26 Å². The molecule has 1 aromatic carbocycles. The van der Waals surface area contributed by atoms with Crippen LogP contribution in [0.3, 0.4) is 0 Å². The Morgan fingerprint density at radius 2 is 2.33 bits per heavy atom. The van der Waals surface area contributed by atoms with Gasteiger partial charge in [0, 0.05) is 13.1 Å². The van der Waals surface area contributed by atoms with Crippen molar-refractivity contribution in [2.75, 3.05) is 24.6 Å². The number of benzene rings is 1. The van der Waals surface area contributed by atoms with Crippen LogP contribution in [0.2, 0.25) is 0 Å². The first-order valence-corrected chi connectivity index (χ1v) is 5.78. The lowest BCUT2D eigenvalue weighted by molar-refractivity contribution is -0.140. The molecule has 5 nitrogen and oxygen atoms in total. The quantitative estimate of drug-likeness (QED) is 0.868. The number of aliphatic carboxylic acids is 1. The second-order valence-corrected chi connectivity index (χ2v) is 4.17. The highest BCUT2D eigenvalue weighted by molar-refractivity contribution is 5.67.